The number of ether oxygens (including phenoxy) is 1. The van der Waals surface area contributed by atoms with Crippen LogP contribution in [0.15, 0.2) is 24.3 Å². The molecule has 1 aliphatic heterocycles. The van der Waals surface area contributed by atoms with Gasteiger partial charge in [-0.15, -0.1) is 0 Å². The Labute approximate surface area is 137 Å². The number of piperidine rings is 1. The number of hydrogen-bond donors (Lipinski definition) is 2. The summed E-state index contributed by atoms with van der Waals surface area (Å²) in [7, 11) is 1.60. The van der Waals surface area contributed by atoms with E-state index in [4.69, 9.17) is 10.5 Å². The van der Waals surface area contributed by atoms with Crippen LogP contribution in [-0.2, 0) is 16.0 Å². The van der Waals surface area contributed by atoms with Gasteiger partial charge in [0.05, 0.1) is 7.11 Å². The van der Waals surface area contributed by atoms with Crippen LogP contribution in [0.5, 0.6) is 5.75 Å². The van der Waals surface area contributed by atoms with Gasteiger partial charge in [-0.05, 0) is 30.5 Å². The number of methoxy groups -OCH3 is 1. The zero-order chi connectivity index (χ0) is 16.8. The van der Waals surface area contributed by atoms with E-state index in [9.17, 15) is 9.59 Å². The fraction of sp³-hybridized carbons (Fsp3) is 0.529. The molecule has 1 aromatic rings. The van der Waals surface area contributed by atoms with Crippen LogP contribution in [0.4, 0.5) is 0 Å². The van der Waals surface area contributed by atoms with E-state index in [1.165, 1.54) is 6.92 Å². The lowest BCUT2D eigenvalue weighted by Gasteiger charge is -2.33. The number of nitrogens with zero attached hydrogens (tertiary/aromatic N) is 1. The van der Waals surface area contributed by atoms with Gasteiger partial charge in [0.25, 0.3) is 0 Å². The molecule has 23 heavy (non-hydrogen) atoms. The Morgan fingerprint density at radius 3 is 2.91 bits per heavy atom. The average Bonchev–Trinajstić information content (AvgIpc) is 2.53. The third kappa shape index (κ3) is 4.96. The lowest BCUT2D eigenvalue weighted by atomic mass is 10.0. The van der Waals surface area contributed by atoms with Crippen molar-refractivity contribution >= 4 is 11.8 Å². The molecule has 6 heteroatoms. The second kappa shape index (κ2) is 7.97. The van der Waals surface area contributed by atoms with Crippen molar-refractivity contribution in [1.82, 2.24) is 10.2 Å². The van der Waals surface area contributed by atoms with Crippen LogP contribution in [0.25, 0.3) is 0 Å². The minimum atomic E-state index is -0.579. The highest BCUT2D eigenvalue weighted by Crippen LogP contribution is 2.16. The van der Waals surface area contributed by atoms with Gasteiger partial charge in [0.2, 0.25) is 11.8 Å². The molecule has 2 atom stereocenters. The monoisotopic (exact) mass is 319 g/mol. The number of benzene rings is 1. The summed E-state index contributed by atoms with van der Waals surface area (Å²) in [5.74, 6) is 0.447. The Morgan fingerprint density at radius 2 is 2.26 bits per heavy atom. The van der Waals surface area contributed by atoms with Crippen LogP contribution in [0.1, 0.15) is 25.3 Å². The molecule has 0 spiro atoms. The van der Waals surface area contributed by atoms with E-state index >= 15 is 0 Å². The summed E-state index contributed by atoms with van der Waals surface area (Å²) in [6, 6.07) is 6.96. The molecule has 0 radical (unpaired) electrons. The van der Waals surface area contributed by atoms with Crippen molar-refractivity contribution in [3.63, 3.8) is 0 Å². The van der Waals surface area contributed by atoms with Crippen molar-refractivity contribution in [2.45, 2.75) is 38.3 Å². The van der Waals surface area contributed by atoms with Crippen LogP contribution in [0.3, 0.4) is 0 Å². The van der Waals surface area contributed by atoms with E-state index in [0.29, 0.717) is 19.5 Å². The van der Waals surface area contributed by atoms with Crippen LogP contribution in [-0.4, -0.2) is 49.0 Å². The minimum Gasteiger partial charge on any atom is -0.497 e. The molecule has 0 aromatic heterocycles. The topological polar surface area (TPSA) is 84.7 Å². The first-order valence-electron chi connectivity index (χ1n) is 7.94. The molecule has 3 N–H and O–H groups in total. The first-order chi connectivity index (χ1) is 11.0. The molecule has 0 bridgehead atoms. The van der Waals surface area contributed by atoms with Crippen LogP contribution < -0.4 is 15.8 Å². The molecule has 1 heterocycles. The molecule has 1 aliphatic rings. The van der Waals surface area contributed by atoms with E-state index in [2.05, 4.69) is 5.32 Å². The number of nitrogens with one attached hydrogen (secondary N) is 1. The van der Waals surface area contributed by atoms with Crippen molar-refractivity contribution in [3.05, 3.63) is 29.8 Å². The van der Waals surface area contributed by atoms with Crippen LogP contribution in [0, 0.1) is 0 Å². The molecule has 2 amide bonds. The summed E-state index contributed by atoms with van der Waals surface area (Å²) in [6.07, 6.45) is 2.27. The summed E-state index contributed by atoms with van der Waals surface area (Å²) in [4.78, 5) is 26.0. The zero-order valence-electron chi connectivity index (χ0n) is 13.7. The maximum Gasteiger partial charge on any atom is 0.245 e. The molecule has 2 rings (SSSR count). The number of carbonyl (C=O) groups excluding carboxylic acids is 2. The largest absolute Gasteiger partial charge is 0.497 e. The Bertz CT molecular complexity index is 562. The lowest BCUT2D eigenvalue weighted by molar-refractivity contribution is -0.137. The quantitative estimate of drug-likeness (QED) is 0.836. The predicted octanol–water partition coefficient (Wildman–Crippen LogP) is 0.692. The van der Waals surface area contributed by atoms with Gasteiger partial charge in [0.1, 0.15) is 11.8 Å². The van der Waals surface area contributed by atoms with E-state index < -0.39 is 6.04 Å². The van der Waals surface area contributed by atoms with Gasteiger partial charge in [-0.2, -0.15) is 0 Å². The number of amides is 2. The third-order valence-electron chi connectivity index (χ3n) is 4.02. The number of likely N-dealkylation sites (tertiary alicyclic amines) is 1. The molecule has 0 unspecified atom stereocenters. The van der Waals surface area contributed by atoms with Crippen molar-refractivity contribution in [1.29, 1.82) is 0 Å². The fourth-order valence-electron chi connectivity index (χ4n) is 2.91. The smallest absolute Gasteiger partial charge is 0.245 e. The first kappa shape index (κ1) is 17.3. The van der Waals surface area contributed by atoms with Crippen LogP contribution in [0.2, 0.25) is 0 Å². The summed E-state index contributed by atoms with van der Waals surface area (Å²) in [5.41, 5.74) is 6.90. The maximum absolute atomic E-state index is 12.8. The number of carbonyl (C=O) groups is 2. The summed E-state index contributed by atoms with van der Waals surface area (Å²) in [5, 5.41) is 2.77. The highest BCUT2D eigenvalue weighted by atomic mass is 16.5. The van der Waals surface area contributed by atoms with Crippen molar-refractivity contribution in [2.24, 2.45) is 5.73 Å². The maximum atomic E-state index is 12.8. The van der Waals surface area contributed by atoms with Crippen LogP contribution >= 0.6 is 0 Å². The second-order valence-corrected chi connectivity index (χ2v) is 6.00. The average molecular weight is 319 g/mol. The van der Waals surface area contributed by atoms with E-state index in [1.807, 2.05) is 24.3 Å². The molecule has 1 saturated heterocycles. The second-order valence-electron chi connectivity index (χ2n) is 6.00. The molecule has 126 valence electrons. The normalized spacial score (nSPS) is 19.1. The minimum absolute atomic E-state index is 0.0162. The lowest BCUT2D eigenvalue weighted by Crippen LogP contribution is -2.54. The molecule has 6 nitrogen and oxygen atoms in total. The molecular formula is C17H25N3O3. The Morgan fingerprint density at radius 1 is 1.48 bits per heavy atom. The van der Waals surface area contributed by atoms with E-state index in [0.717, 1.165) is 24.2 Å². The summed E-state index contributed by atoms with van der Waals surface area (Å²) >= 11 is 0. The first-order valence-corrected chi connectivity index (χ1v) is 7.94. The summed E-state index contributed by atoms with van der Waals surface area (Å²) < 4.78 is 5.21. The van der Waals surface area contributed by atoms with Crippen molar-refractivity contribution in [3.8, 4) is 5.75 Å². The SMILES string of the molecule is COc1cccc(C[C@H](NC(C)=O)C(=O)N2CCC[C@H](N)C2)c1. The van der Waals surface area contributed by atoms with Gasteiger partial charge in [-0.25, -0.2) is 0 Å². The standard InChI is InChI=1S/C17H25N3O3/c1-12(21)19-16(10-13-5-3-7-15(9-13)23-2)17(22)20-8-4-6-14(18)11-20/h3,5,7,9,14,16H,4,6,8,10-11,18H2,1-2H3,(H,19,21)/t14-,16-/m0/s1. The van der Waals surface area contributed by atoms with Gasteiger partial charge in [0, 0.05) is 32.5 Å². The number of nitrogens with two attached hydrogens (primary N) is 1. The van der Waals surface area contributed by atoms with Gasteiger partial charge in [0.15, 0.2) is 0 Å². The predicted molar refractivity (Wildman–Crippen MR) is 88.1 cm³/mol. The van der Waals surface area contributed by atoms with E-state index in [1.54, 1.807) is 12.0 Å². The molecule has 0 aliphatic carbocycles. The van der Waals surface area contributed by atoms with Gasteiger partial charge in [-0.1, -0.05) is 12.1 Å². The molecular weight excluding hydrogens is 294 g/mol. The highest BCUT2D eigenvalue weighted by Gasteiger charge is 2.28. The number of hydrogen-bond acceptors (Lipinski definition) is 4. The van der Waals surface area contributed by atoms with Gasteiger partial charge >= 0.3 is 0 Å². The van der Waals surface area contributed by atoms with E-state index in [-0.39, 0.29) is 17.9 Å². The molecule has 0 saturated carbocycles. The van der Waals surface area contributed by atoms with Gasteiger partial charge in [-0.3, -0.25) is 9.59 Å². The van der Waals surface area contributed by atoms with Gasteiger partial charge < -0.3 is 20.7 Å². The Balaban J connectivity index is 2.12. The zero-order valence-corrected chi connectivity index (χ0v) is 13.7. The summed E-state index contributed by atoms with van der Waals surface area (Å²) in [6.45, 7) is 2.67. The Kier molecular flexibility index (Phi) is 5.98. The fourth-order valence-corrected chi connectivity index (χ4v) is 2.91. The Hall–Kier alpha value is -2.08. The third-order valence-corrected chi connectivity index (χ3v) is 4.02. The number of rotatable bonds is 5. The van der Waals surface area contributed by atoms with Crippen molar-refractivity contribution in [2.75, 3.05) is 20.2 Å². The highest BCUT2D eigenvalue weighted by molar-refractivity contribution is 5.87. The molecule has 1 fully saturated rings. The molecule has 1 aromatic carbocycles. The van der Waals surface area contributed by atoms with Crippen molar-refractivity contribution < 1.29 is 14.3 Å².